The molecule has 0 atom stereocenters. The Kier molecular flexibility index (Phi) is 1.49. The minimum atomic E-state index is -0.627. The molecule has 0 unspecified atom stereocenters. The molecule has 0 bridgehead atoms. The number of hydrogen-bond acceptors (Lipinski definition) is 4. The van der Waals surface area contributed by atoms with Crippen molar-refractivity contribution in [2.75, 3.05) is 0 Å². The highest BCUT2D eigenvalue weighted by Gasteiger charge is 2.04. The maximum Gasteiger partial charge on any atom is 0.277 e. The molecule has 1 aromatic heterocycles. The molecule has 0 saturated carbocycles. The van der Waals surface area contributed by atoms with E-state index in [0.29, 0.717) is 0 Å². The van der Waals surface area contributed by atoms with Crippen molar-refractivity contribution < 1.29 is 10.0 Å². The smallest absolute Gasteiger partial charge is 0.277 e. The maximum absolute atomic E-state index is 10.00. The van der Waals surface area contributed by atoms with Crippen molar-refractivity contribution in [3.8, 4) is 5.88 Å². The molecule has 1 radical (unpaired) electrons. The lowest BCUT2D eigenvalue weighted by Crippen LogP contribution is -1.87. The number of hydrogen-bond donors (Lipinski definition) is 1. The molecule has 0 spiro atoms. The molecule has 0 fully saturated rings. The Bertz CT molecular complexity index is 261. The molecule has 1 aromatic rings. The van der Waals surface area contributed by atoms with Gasteiger partial charge in [0.1, 0.15) is 0 Å². The molecule has 0 amide bonds. The molecule has 10 heavy (non-hydrogen) atoms. The van der Waals surface area contributed by atoms with Crippen LogP contribution >= 0.6 is 0 Å². The van der Waals surface area contributed by atoms with Crippen LogP contribution in [-0.4, -0.2) is 15.0 Å². The van der Waals surface area contributed by atoms with Crippen LogP contribution in [0.1, 0.15) is 0 Å². The fraction of sp³-hybridized carbons (Fsp3) is 0. The predicted molar refractivity (Wildman–Crippen MR) is 31.4 cm³/mol. The third kappa shape index (κ3) is 1.19. The van der Waals surface area contributed by atoms with Gasteiger partial charge in [0.2, 0.25) is 5.88 Å². The van der Waals surface area contributed by atoms with E-state index in [2.05, 4.69) is 11.2 Å². The first kappa shape index (κ1) is 6.47. The van der Waals surface area contributed by atoms with Crippen molar-refractivity contribution in [1.29, 1.82) is 0 Å². The van der Waals surface area contributed by atoms with E-state index < -0.39 is 10.8 Å². The number of nitro groups is 1. The van der Waals surface area contributed by atoms with Crippen molar-refractivity contribution in [3.63, 3.8) is 0 Å². The summed E-state index contributed by atoms with van der Waals surface area (Å²) in [7, 11) is 0. The van der Waals surface area contributed by atoms with Gasteiger partial charge in [0.15, 0.2) is 0 Å². The van der Waals surface area contributed by atoms with E-state index in [0.717, 1.165) is 12.1 Å². The Morgan fingerprint density at radius 3 is 2.90 bits per heavy atom. The maximum atomic E-state index is 10.00. The normalized spacial score (nSPS) is 9.20. The first-order chi connectivity index (χ1) is 4.70. The summed E-state index contributed by atoms with van der Waals surface area (Å²) >= 11 is 0. The molecule has 5 heteroatoms. The summed E-state index contributed by atoms with van der Waals surface area (Å²) in [5, 5.41) is 18.6. The molecule has 0 aromatic carbocycles. The lowest BCUT2D eigenvalue weighted by Gasteiger charge is -1.88. The first-order valence-electron chi connectivity index (χ1n) is 2.41. The average Bonchev–Trinajstić information content (AvgIpc) is 1.88. The van der Waals surface area contributed by atoms with Crippen molar-refractivity contribution >= 4 is 5.69 Å². The highest BCUT2D eigenvalue weighted by Crippen LogP contribution is 2.13. The van der Waals surface area contributed by atoms with Gasteiger partial charge in [-0.15, -0.1) is 0 Å². The summed E-state index contributed by atoms with van der Waals surface area (Å²) in [5.41, 5.74) is -0.215. The minimum Gasteiger partial charge on any atom is -0.493 e. The molecule has 1 N–H and O–H groups in total. The van der Waals surface area contributed by atoms with Crippen molar-refractivity contribution in [3.05, 3.63) is 28.4 Å². The molecule has 0 aliphatic rings. The zero-order valence-corrected chi connectivity index (χ0v) is 4.81. The average molecular weight is 139 g/mol. The highest BCUT2D eigenvalue weighted by molar-refractivity contribution is 5.31. The third-order valence-corrected chi connectivity index (χ3v) is 0.879. The number of nitrogens with zero attached hydrogens (tertiary/aromatic N) is 2. The molecular formula is C5H3N2O3. The summed E-state index contributed by atoms with van der Waals surface area (Å²) in [4.78, 5) is 12.6. The van der Waals surface area contributed by atoms with Gasteiger partial charge in [-0.1, -0.05) is 0 Å². The zero-order valence-electron chi connectivity index (χ0n) is 4.81. The van der Waals surface area contributed by atoms with Crippen LogP contribution in [0.15, 0.2) is 12.1 Å². The second-order valence-corrected chi connectivity index (χ2v) is 1.57. The van der Waals surface area contributed by atoms with Gasteiger partial charge < -0.3 is 5.11 Å². The summed E-state index contributed by atoms with van der Waals surface area (Å²) in [6, 6.07) is 2.04. The van der Waals surface area contributed by atoms with Crippen LogP contribution in [0.4, 0.5) is 5.69 Å². The zero-order chi connectivity index (χ0) is 7.56. The molecule has 1 rings (SSSR count). The third-order valence-electron chi connectivity index (χ3n) is 0.879. The highest BCUT2D eigenvalue weighted by atomic mass is 16.6. The SMILES string of the molecule is O=[N+]([O-])c1c[c]nc(O)c1. The van der Waals surface area contributed by atoms with Crippen LogP contribution in [0, 0.1) is 16.3 Å². The topological polar surface area (TPSA) is 76.3 Å². The Morgan fingerprint density at radius 1 is 1.80 bits per heavy atom. The Morgan fingerprint density at radius 2 is 2.50 bits per heavy atom. The molecule has 0 saturated heterocycles. The quantitative estimate of drug-likeness (QED) is 0.453. The molecule has 51 valence electrons. The minimum absolute atomic E-state index is 0.215. The summed E-state index contributed by atoms with van der Waals surface area (Å²) < 4.78 is 0. The second kappa shape index (κ2) is 2.30. The number of pyridine rings is 1. The van der Waals surface area contributed by atoms with Crippen LogP contribution in [0.2, 0.25) is 0 Å². The Balaban J connectivity index is 3.07. The predicted octanol–water partition coefficient (Wildman–Crippen LogP) is 0.496. The van der Waals surface area contributed by atoms with E-state index in [1.807, 2.05) is 0 Å². The van der Waals surface area contributed by atoms with Gasteiger partial charge in [-0.2, -0.15) is 0 Å². The second-order valence-electron chi connectivity index (χ2n) is 1.57. The number of aromatic hydroxyl groups is 1. The van der Waals surface area contributed by atoms with Gasteiger partial charge >= 0.3 is 0 Å². The van der Waals surface area contributed by atoms with E-state index in [4.69, 9.17) is 5.11 Å². The van der Waals surface area contributed by atoms with E-state index in [9.17, 15) is 10.1 Å². The fourth-order valence-electron chi connectivity index (χ4n) is 0.476. The van der Waals surface area contributed by atoms with Gasteiger partial charge in [0.05, 0.1) is 17.2 Å². The van der Waals surface area contributed by atoms with Gasteiger partial charge in [0, 0.05) is 6.07 Å². The van der Waals surface area contributed by atoms with Crippen molar-refractivity contribution in [2.24, 2.45) is 0 Å². The van der Waals surface area contributed by atoms with E-state index in [-0.39, 0.29) is 5.69 Å². The van der Waals surface area contributed by atoms with E-state index in [1.165, 1.54) is 0 Å². The van der Waals surface area contributed by atoms with Gasteiger partial charge in [0.25, 0.3) is 5.69 Å². The monoisotopic (exact) mass is 139 g/mol. The molecule has 5 nitrogen and oxygen atoms in total. The lowest BCUT2D eigenvalue weighted by atomic mass is 10.4. The standard InChI is InChI=1S/C5H3N2O3/c8-5-3-4(7(9)10)1-2-6-5/h1,3H,(H,6,8). The van der Waals surface area contributed by atoms with Crippen LogP contribution < -0.4 is 0 Å². The largest absolute Gasteiger partial charge is 0.493 e. The summed E-state index contributed by atoms with van der Waals surface area (Å²) in [6.45, 7) is 0. The number of aromatic nitrogens is 1. The van der Waals surface area contributed by atoms with Crippen LogP contribution in [0.5, 0.6) is 5.88 Å². The number of rotatable bonds is 1. The molecule has 0 aliphatic carbocycles. The molecule has 1 heterocycles. The summed E-state index contributed by atoms with van der Waals surface area (Å²) in [6.07, 6.45) is 2.17. The van der Waals surface area contributed by atoms with Crippen molar-refractivity contribution in [2.45, 2.75) is 0 Å². The van der Waals surface area contributed by atoms with Gasteiger partial charge in [-0.25, -0.2) is 4.98 Å². The summed E-state index contributed by atoms with van der Waals surface area (Å²) in [5.74, 6) is -0.394. The molecular weight excluding hydrogens is 136 g/mol. The van der Waals surface area contributed by atoms with E-state index >= 15 is 0 Å². The Hall–Kier alpha value is -1.65. The Labute approximate surface area is 56.1 Å². The van der Waals surface area contributed by atoms with Crippen molar-refractivity contribution in [1.82, 2.24) is 4.98 Å². The first-order valence-corrected chi connectivity index (χ1v) is 2.41. The van der Waals surface area contributed by atoms with Crippen LogP contribution in [0.25, 0.3) is 0 Å². The lowest BCUT2D eigenvalue weighted by molar-refractivity contribution is -0.385. The fourth-order valence-corrected chi connectivity index (χ4v) is 0.476. The van der Waals surface area contributed by atoms with Gasteiger partial charge in [-0.05, 0) is 0 Å². The van der Waals surface area contributed by atoms with Crippen LogP contribution in [-0.2, 0) is 0 Å². The molecule has 0 aliphatic heterocycles. The van der Waals surface area contributed by atoms with Crippen LogP contribution in [0.3, 0.4) is 0 Å². The van der Waals surface area contributed by atoms with E-state index in [1.54, 1.807) is 0 Å². The van der Waals surface area contributed by atoms with Gasteiger partial charge in [-0.3, -0.25) is 10.1 Å².